The van der Waals surface area contributed by atoms with E-state index >= 15 is 0 Å². The molecule has 1 amide bonds. The molecule has 0 unspecified atom stereocenters. The van der Waals surface area contributed by atoms with Gasteiger partial charge in [0.15, 0.2) is 11.4 Å². The van der Waals surface area contributed by atoms with Crippen molar-refractivity contribution in [2.24, 2.45) is 17.8 Å². The number of hydrogen-bond acceptors (Lipinski definition) is 5. The minimum absolute atomic E-state index is 0. The molecular weight excluding hydrogens is 412 g/mol. The molecule has 31 heavy (non-hydrogen) atoms. The van der Waals surface area contributed by atoms with Gasteiger partial charge in [-0.05, 0) is 81.0 Å². The van der Waals surface area contributed by atoms with Crippen molar-refractivity contribution in [2.45, 2.75) is 45.6 Å². The summed E-state index contributed by atoms with van der Waals surface area (Å²) in [6.07, 6.45) is 6.58. The van der Waals surface area contributed by atoms with Crippen LogP contribution in [0.4, 0.5) is 5.82 Å². The monoisotopic (exact) mass is 442 g/mol. The number of nitrogens with one attached hydrogen (secondary N) is 1. The van der Waals surface area contributed by atoms with E-state index in [9.17, 15) is 4.79 Å². The Hall–Kier alpha value is -2.34. The zero-order chi connectivity index (χ0) is 20.7. The number of carbonyl (C=O) groups is 1. The van der Waals surface area contributed by atoms with Crippen molar-refractivity contribution >= 4 is 24.1 Å². The van der Waals surface area contributed by atoms with Crippen molar-refractivity contribution in [3.63, 3.8) is 0 Å². The SMILES string of the molecule is Cc1ccc(NC[C@@H]2C[C@H]3C[C@H]3CN2C(=O)c2nc(C)ccc2OCC2CC2)nc1.Cl. The molecule has 1 aliphatic heterocycles. The fourth-order valence-electron chi connectivity index (χ4n) is 4.38. The van der Waals surface area contributed by atoms with Gasteiger partial charge in [0.1, 0.15) is 5.82 Å². The van der Waals surface area contributed by atoms with Gasteiger partial charge in [-0.3, -0.25) is 4.79 Å². The quantitative estimate of drug-likeness (QED) is 0.693. The van der Waals surface area contributed by atoms with E-state index < -0.39 is 0 Å². The maximum absolute atomic E-state index is 13.6. The number of aryl methyl sites for hydroxylation is 2. The van der Waals surface area contributed by atoms with Crippen molar-refractivity contribution < 1.29 is 9.53 Å². The number of amides is 1. The number of ether oxygens (including phenoxy) is 1. The first kappa shape index (κ1) is 21.9. The van der Waals surface area contributed by atoms with E-state index in [0.29, 0.717) is 36.4 Å². The molecule has 0 bridgehead atoms. The van der Waals surface area contributed by atoms with Crippen molar-refractivity contribution in [3.8, 4) is 5.75 Å². The highest BCUT2D eigenvalue weighted by Gasteiger charge is 2.47. The molecule has 0 aromatic carbocycles. The predicted molar refractivity (Wildman–Crippen MR) is 123 cm³/mol. The third-order valence-corrected chi connectivity index (χ3v) is 6.58. The minimum Gasteiger partial charge on any atom is -0.491 e. The number of rotatable bonds is 7. The number of pyridine rings is 2. The first-order valence-electron chi connectivity index (χ1n) is 11.1. The summed E-state index contributed by atoms with van der Waals surface area (Å²) >= 11 is 0. The van der Waals surface area contributed by atoms with E-state index in [-0.39, 0.29) is 24.4 Å². The Balaban J connectivity index is 0.00000231. The van der Waals surface area contributed by atoms with Gasteiger partial charge in [-0.2, -0.15) is 0 Å². The Morgan fingerprint density at radius 2 is 2.00 bits per heavy atom. The molecule has 0 spiro atoms. The van der Waals surface area contributed by atoms with Crippen molar-refractivity contribution in [1.29, 1.82) is 0 Å². The Kier molecular flexibility index (Phi) is 6.37. The van der Waals surface area contributed by atoms with E-state index in [1.165, 1.54) is 19.3 Å². The summed E-state index contributed by atoms with van der Waals surface area (Å²) in [7, 11) is 0. The van der Waals surface area contributed by atoms with E-state index in [1.54, 1.807) is 0 Å². The lowest BCUT2D eigenvalue weighted by Crippen LogP contribution is -2.48. The van der Waals surface area contributed by atoms with Crippen LogP contribution in [0.1, 0.15) is 47.4 Å². The van der Waals surface area contributed by atoms with E-state index in [1.807, 2.05) is 43.1 Å². The summed E-state index contributed by atoms with van der Waals surface area (Å²) < 4.78 is 6.01. The minimum atomic E-state index is -0.00138. The van der Waals surface area contributed by atoms with Gasteiger partial charge in [-0.1, -0.05) is 6.07 Å². The Bertz CT molecular complexity index is 932. The molecule has 3 atom stereocenters. The van der Waals surface area contributed by atoms with Crippen LogP contribution in [-0.4, -0.2) is 46.5 Å². The van der Waals surface area contributed by atoms with Crippen LogP contribution in [0.5, 0.6) is 5.75 Å². The molecule has 0 radical (unpaired) electrons. The number of nitrogens with zero attached hydrogens (tertiary/aromatic N) is 3. The first-order chi connectivity index (χ1) is 14.6. The highest BCUT2D eigenvalue weighted by molar-refractivity contribution is 5.95. The van der Waals surface area contributed by atoms with Crippen LogP contribution in [0.25, 0.3) is 0 Å². The summed E-state index contributed by atoms with van der Waals surface area (Å²) in [4.78, 5) is 24.7. The average molecular weight is 443 g/mol. The van der Waals surface area contributed by atoms with Gasteiger partial charge in [0.05, 0.1) is 6.61 Å². The third kappa shape index (κ3) is 5.12. The topological polar surface area (TPSA) is 67.4 Å². The largest absolute Gasteiger partial charge is 0.491 e. The van der Waals surface area contributed by atoms with Crippen LogP contribution < -0.4 is 10.1 Å². The first-order valence-corrected chi connectivity index (χ1v) is 11.1. The van der Waals surface area contributed by atoms with Crippen LogP contribution in [0.2, 0.25) is 0 Å². The number of fused-ring (bicyclic) bond motifs is 1. The lowest BCUT2D eigenvalue weighted by molar-refractivity contribution is 0.0604. The van der Waals surface area contributed by atoms with Crippen LogP contribution in [0.15, 0.2) is 30.5 Å². The number of anilines is 1. The number of halogens is 1. The molecule has 3 heterocycles. The summed E-state index contributed by atoms with van der Waals surface area (Å²) in [6, 6.07) is 8.02. The number of carbonyl (C=O) groups excluding carboxylic acids is 1. The number of likely N-dealkylation sites (tertiary alicyclic amines) is 1. The molecule has 3 fully saturated rings. The zero-order valence-electron chi connectivity index (χ0n) is 18.2. The second-order valence-electron chi connectivity index (χ2n) is 9.26. The second kappa shape index (κ2) is 9.03. The second-order valence-corrected chi connectivity index (χ2v) is 9.26. The molecule has 2 aliphatic carbocycles. The molecule has 1 saturated heterocycles. The molecule has 5 rings (SSSR count). The normalized spacial score (nSPS) is 24.1. The van der Waals surface area contributed by atoms with Crippen LogP contribution in [-0.2, 0) is 0 Å². The van der Waals surface area contributed by atoms with Crippen molar-refractivity contribution in [1.82, 2.24) is 14.9 Å². The van der Waals surface area contributed by atoms with Gasteiger partial charge in [-0.15, -0.1) is 12.4 Å². The van der Waals surface area contributed by atoms with Crippen molar-refractivity contribution in [2.75, 3.05) is 25.0 Å². The molecule has 166 valence electrons. The molecule has 7 heteroatoms. The molecular formula is C24H31ClN4O2. The van der Waals surface area contributed by atoms with Gasteiger partial charge >= 0.3 is 0 Å². The van der Waals surface area contributed by atoms with E-state index in [4.69, 9.17) is 4.74 Å². The standard InChI is InChI=1S/C24H30N4O2.ClH/c1-15-3-8-22(25-11-15)26-12-20-10-18-9-19(18)13-28(20)24(29)23-21(7-4-16(2)27-23)30-14-17-5-6-17;/h3-4,7-8,11,17-20H,5-6,9-10,12-14H2,1-2H3,(H,25,26);1H/t18-,19+,20+;/m1./s1. The molecule has 3 aliphatic rings. The van der Waals surface area contributed by atoms with Gasteiger partial charge in [0.25, 0.3) is 5.91 Å². The average Bonchev–Trinajstić information content (AvgIpc) is 3.66. The van der Waals surface area contributed by atoms with Gasteiger partial charge in [0, 0.05) is 31.0 Å². The summed E-state index contributed by atoms with van der Waals surface area (Å²) in [5.74, 6) is 3.51. The smallest absolute Gasteiger partial charge is 0.276 e. The lowest BCUT2D eigenvalue weighted by Gasteiger charge is -2.35. The Labute approximate surface area is 190 Å². The maximum Gasteiger partial charge on any atom is 0.276 e. The van der Waals surface area contributed by atoms with Gasteiger partial charge in [-0.25, -0.2) is 9.97 Å². The maximum atomic E-state index is 13.6. The Morgan fingerprint density at radius 1 is 1.16 bits per heavy atom. The fourth-order valence-corrected chi connectivity index (χ4v) is 4.38. The van der Waals surface area contributed by atoms with Gasteiger partial charge < -0.3 is 15.0 Å². The molecule has 1 N–H and O–H groups in total. The lowest BCUT2D eigenvalue weighted by atomic mass is 10.0. The van der Waals surface area contributed by atoms with Crippen LogP contribution >= 0.6 is 12.4 Å². The fraction of sp³-hybridized carbons (Fsp3) is 0.542. The molecule has 6 nitrogen and oxygen atoms in total. The molecule has 2 aromatic heterocycles. The number of hydrogen-bond donors (Lipinski definition) is 1. The zero-order valence-corrected chi connectivity index (χ0v) is 19.0. The highest BCUT2D eigenvalue weighted by Crippen LogP contribution is 2.47. The van der Waals surface area contributed by atoms with E-state index in [0.717, 1.165) is 36.0 Å². The predicted octanol–water partition coefficient (Wildman–Crippen LogP) is 4.27. The van der Waals surface area contributed by atoms with Crippen LogP contribution in [0, 0.1) is 31.6 Å². The summed E-state index contributed by atoms with van der Waals surface area (Å²) in [5, 5.41) is 3.43. The summed E-state index contributed by atoms with van der Waals surface area (Å²) in [5.41, 5.74) is 2.45. The molecule has 2 aromatic rings. The number of aromatic nitrogens is 2. The number of piperidine rings is 1. The van der Waals surface area contributed by atoms with E-state index in [2.05, 4.69) is 21.4 Å². The summed E-state index contributed by atoms with van der Waals surface area (Å²) in [6.45, 7) is 6.16. The Morgan fingerprint density at radius 3 is 2.74 bits per heavy atom. The highest BCUT2D eigenvalue weighted by atomic mass is 35.5. The van der Waals surface area contributed by atoms with Gasteiger partial charge in [0.2, 0.25) is 0 Å². The molecule has 2 saturated carbocycles. The van der Waals surface area contributed by atoms with Crippen LogP contribution in [0.3, 0.4) is 0 Å². The van der Waals surface area contributed by atoms with Crippen molar-refractivity contribution in [3.05, 3.63) is 47.4 Å². The third-order valence-electron chi connectivity index (χ3n) is 6.58.